The molecule has 0 amide bonds. The van der Waals surface area contributed by atoms with E-state index in [1.54, 1.807) is 0 Å². The number of carboxylic acid groups (broad SMARTS) is 1. The number of aryl methyl sites for hydroxylation is 2. The van der Waals surface area contributed by atoms with E-state index in [1.807, 2.05) is 31.2 Å². The molecule has 1 aromatic carbocycles. The number of Topliss-reactive ketones (excluding diaryl/α,β-unsaturated/α-hetero) is 1. The number of carbonyl (C=O) groups excluding carboxylic acids is 1. The fourth-order valence-corrected chi connectivity index (χ4v) is 1.85. The maximum absolute atomic E-state index is 11.9. The Morgan fingerprint density at radius 1 is 1.16 bits per heavy atom. The van der Waals surface area contributed by atoms with Gasteiger partial charge in [0.2, 0.25) is 5.76 Å². The molecule has 1 heterocycles. The van der Waals surface area contributed by atoms with Crippen LogP contribution in [0.25, 0.3) is 0 Å². The highest BCUT2D eigenvalue weighted by molar-refractivity contribution is 5.95. The number of benzene rings is 1. The van der Waals surface area contributed by atoms with Crippen LogP contribution in [0.15, 0.2) is 40.8 Å². The minimum absolute atomic E-state index is 0.102. The molecule has 0 spiro atoms. The summed E-state index contributed by atoms with van der Waals surface area (Å²) in [5.41, 5.74) is 2.23. The van der Waals surface area contributed by atoms with E-state index in [0.29, 0.717) is 12.8 Å². The van der Waals surface area contributed by atoms with Gasteiger partial charge in [-0.15, -0.1) is 0 Å². The molecule has 1 aromatic heterocycles. The number of hydrogen-bond acceptors (Lipinski definition) is 3. The molecule has 0 saturated heterocycles. The average molecular weight is 258 g/mol. The van der Waals surface area contributed by atoms with Crippen LogP contribution in [0.1, 0.15) is 38.7 Å². The Kier molecular flexibility index (Phi) is 3.80. The molecule has 0 aliphatic rings. The Hall–Kier alpha value is -2.36. The molecule has 0 aliphatic heterocycles. The number of furan rings is 1. The van der Waals surface area contributed by atoms with E-state index in [9.17, 15) is 9.59 Å². The third-order valence-corrected chi connectivity index (χ3v) is 2.81. The molecule has 2 aromatic rings. The van der Waals surface area contributed by atoms with Crippen molar-refractivity contribution in [1.82, 2.24) is 0 Å². The zero-order valence-corrected chi connectivity index (χ0v) is 10.6. The fraction of sp³-hybridized carbons (Fsp3) is 0.200. The van der Waals surface area contributed by atoms with E-state index in [1.165, 1.54) is 12.1 Å². The van der Waals surface area contributed by atoms with Crippen LogP contribution in [0.2, 0.25) is 0 Å². The predicted molar refractivity (Wildman–Crippen MR) is 69.5 cm³/mol. The summed E-state index contributed by atoms with van der Waals surface area (Å²) >= 11 is 0. The number of carboxylic acids is 1. The number of carbonyl (C=O) groups is 2. The van der Waals surface area contributed by atoms with Crippen molar-refractivity contribution in [2.75, 3.05) is 0 Å². The molecule has 19 heavy (non-hydrogen) atoms. The fourth-order valence-electron chi connectivity index (χ4n) is 1.85. The number of rotatable bonds is 5. The van der Waals surface area contributed by atoms with Crippen LogP contribution in [-0.4, -0.2) is 16.9 Å². The van der Waals surface area contributed by atoms with E-state index < -0.39 is 5.97 Å². The van der Waals surface area contributed by atoms with Crippen molar-refractivity contribution in [3.8, 4) is 0 Å². The lowest BCUT2D eigenvalue weighted by molar-refractivity contribution is 0.0660. The summed E-state index contributed by atoms with van der Waals surface area (Å²) in [6.07, 6.45) is 0.916. The van der Waals surface area contributed by atoms with Gasteiger partial charge in [-0.05, 0) is 31.0 Å². The van der Waals surface area contributed by atoms with Crippen LogP contribution < -0.4 is 0 Å². The molecule has 2 rings (SSSR count). The molecular weight excluding hydrogens is 244 g/mol. The van der Waals surface area contributed by atoms with E-state index in [-0.39, 0.29) is 17.3 Å². The maximum Gasteiger partial charge on any atom is 0.371 e. The van der Waals surface area contributed by atoms with Crippen molar-refractivity contribution in [3.05, 3.63) is 59.0 Å². The average Bonchev–Trinajstić information content (AvgIpc) is 2.86. The zero-order valence-electron chi connectivity index (χ0n) is 10.6. The van der Waals surface area contributed by atoms with E-state index in [4.69, 9.17) is 9.52 Å². The molecule has 98 valence electrons. The van der Waals surface area contributed by atoms with Gasteiger partial charge in [0.1, 0.15) is 0 Å². The topological polar surface area (TPSA) is 67.5 Å². The summed E-state index contributed by atoms with van der Waals surface area (Å²) in [6.45, 7) is 2.00. The summed E-state index contributed by atoms with van der Waals surface area (Å²) in [5, 5.41) is 8.71. The van der Waals surface area contributed by atoms with Crippen LogP contribution in [-0.2, 0) is 6.42 Å². The number of aromatic carboxylic acids is 1. The normalized spacial score (nSPS) is 10.4. The lowest BCUT2D eigenvalue weighted by Gasteiger charge is -2.01. The van der Waals surface area contributed by atoms with Gasteiger partial charge in [0.25, 0.3) is 0 Å². The van der Waals surface area contributed by atoms with Crippen LogP contribution >= 0.6 is 0 Å². The number of ketones is 1. The van der Waals surface area contributed by atoms with Crippen molar-refractivity contribution in [1.29, 1.82) is 0 Å². The molecule has 0 saturated carbocycles. The van der Waals surface area contributed by atoms with E-state index in [0.717, 1.165) is 11.1 Å². The van der Waals surface area contributed by atoms with Crippen molar-refractivity contribution < 1.29 is 19.1 Å². The first-order valence-electron chi connectivity index (χ1n) is 5.98. The van der Waals surface area contributed by atoms with Crippen molar-refractivity contribution in [2.24, 2.45) is 0 Å². The summed E-state index contributed by atoms with van der Waals surface area (Å²) in [6, 6.07) is 10.6. The molecule has 0 bridgehead atoms. The Balaban J connectivity index is 1.99. The smallest absolute Gasteiger partial charge is 0.371 e. The second-order valence-corrected chi connectivity index (χ2v) is 4.38. The van der Waals surface area contributed by atoms with E-state index in [2.05, 4.69) is 0 Å². The Bertz CT molecular complexity index is 610. The van der Waals surface area contributed by atoms with Crippen LogP contribution in [0.5, 0.6) is 0 Å². The molecule has 4 nitrogen and oxygen atoms in total. The molecule has 4 heteroatoms. The monoisotopic (exact) mass is 258 g/mol. The summed E-state index contributed by atoms with van der Waals surface area (Å²) in [7, 11) is 0. The molecule has 0 atom stereocenters. The third kappa shape index (κ3) is 3.31. The Morgan fingerprint density at radius 2 is 1.89 bits per heavy atom. The minimum Gasteiger partial charge on any atom is -0.475 e. The summed E-state index contributed by atoms with van der Waals surface area (Å²) in [5.74, 6) is -1.46. The molecule has 0 fully saturated rings. The van der Waals surface area contributed by atoms with Gasteiger partial charge in [0.15, 0.2) is 11.5 Å². The first-order valence-corrected chi connectivity index (χ1v) is 5.98. The molecular formula is C15H14O4. The highest BCUT2D eigenvalue weighted by atomic mass is 16.4. The van der Waals surface area contributed by atoms with Gasteiger partial charge in [-0.2, -0.15) is 0 Å². The van der Waals surface area contributed by atoms with Crippen molar-refractivity contribution in [3.63, 3.8) is 0 Å². The van der Waals surface area contributed by atoms with Gasteiger partial charge in [-0.3, -0.25) is 4.79 Å². The van der Waals surface area contributed by atoms with Gasteiger partial charge in [0.05, 0.1) is 0 Å². The van der Waals surface area contributed by atoms with Crippen molar-refractivity contribution >= 4 is 11.8 Å². The second-order valence-electron chi connectivity index (χ2n) is 4.38. The van der Waals surface area contributed by atoms with Gasteiger partial charge >= 0.3 is 5.97 Å². The highest BCUT2D eigenvalue weighted by Crippen LogP contribution is 2.13. The lowest BCUT2D eigenvalue weighted by Crippen LogP contribution is -2.00. The SMILES string of the molecule is Cc1cccc(CCC(=O)c2ccc(C(=O)O)o2)c1. The molecule has 0 radical (unpaired) electrons. The maximum atomic E-state index is 11.9. The van der Waals surface area contributed by atoms with Crippen LogP contribution in [0.3, 0.4) is 0 Å². The summed E-state index contributed by atoms with van der Waals surface area (Å²) < 4.78 is 4.97. The molecule has 0 aliphatic carbocycles. The van der Waals surface area contributed by atoms with Gasteiger partial charge in [-0.1, -0.05) is 29.8 Å². The Morgan fingerprint density at radius 3 is 2.53 bits per heavy atom. The zero-order chi connectivity index (χ0) is 13.8. The van der Waals surface area contributed by atoms with Crippen LogP contribution in [0, 0.1) is 6.92 Å². The van der Waals surface area contributed by atoms with E-state index >= 15 is 0 Å². The Labute approximate surface area is 110 Å². The predicted octanol–water partition coefficient (Wildman–Crippen LogP) is 3.10. The summed E-state index contributed by atoms with van der Waals surface area (Å²) in [4.78, 5) is 22.5. The highest BCUT2D eigenvalue weighted by Gasteiger charge is 2.14. The standard InChI is InChI=1S/C15H14O4/c1-10-3-2-4-11(9-10)5-6-12(16)13-7-8-14(19-13)15(17)18/h2-4,7-9H,5-6H2,1H3,(H,17,18). The second kappa shape index (κ2) is 5.52. The molecule has 0 unspecified atom stereocenters. The minimum atomic E-state index is -1.17. The largest absolute Gasteiger partial charge is 0.475 e. The van der Waals surface area contributed by atoms with Gasteiger partial charge < -0.3 is 9.52 Å². The number of hydrogen-bond donors (Lipinski definition) is 1. The molecule has 1 N–H and O–H groups in total. The first-order chi connectivity index (χ1) is 9.06. The van der Waals surface area contributed by atoms with Gasteiger partial charge in [-0.25, -0.2) is 4.79 Å². The first kappa shape index (κ1) is 13.1. The van der Waals surface area contributed by atoms with Crippen molar-refractivity contribution in [2.45, 2.75) is 19.8 Å². The lowest BCUT2D eigenvalue weighted by atomic mass is 10.0. The van der Waals surface area contributed by atoms with Crippen LogP contribution in [0.4, 0.5) is 0 Å². The quantitative estimate of drug-likeness (QED) is 0.837. The van der Waals surface area contributed by atoms with Gasteiger partial charge in [0, 0.05) is 6.42 Å². The third-order valence-electron chi connectivity index (χ3n) is 2.81.